The molecular formula is C6H9N3O. The van der Waals surface area contributed by atoms with Crippen molar-refractivity contribution in [2.45, 2.75) is 6.92 Å². The molecule has 0 aliphatic carbocycles. The van der Waals surface area contributed by atoms with Gasteiger partial charge in [0, 0.05) is 12.7 Å². The van der Waals surface area contributed by atoms with E-state index in [0.29, 0.717) is 5.70 Å². The molecule has 3 N–H and O–H groups in total. The fraction of sp³-hybridized carbons (Fsp3) is 0.333. The molecule has 10 heavy (non-hydrogen) atoms. The zero-order valence-corrected chi connectivity index (χ0v) is 5.93. The van der Waals surface area contributed by atoms with Crippen molar-refractivity contribution in [3.8, 4) is 6.07 Å². The van der Waals surface area contributed by atoms with Crippen LogP contribution in [0.15, 0.2) is 11.3 Å². The summed E-state index contributed by atoms with van der Waals surface area (Å²) in [6.45, 7) is 1.61. The number of allylic oxidation sites excluding steroid dienone is 1. The summed E-state index contributed by atoms with van der Waals surface area (Å²) in [5, 5.41) is 11.0. The number of amides is 1. The second kappa shape index (κ2) is 3.51. The van der Waals surface area contributed by atoms with Gasteiger partial charge in [0.25, 0.3) is 5.91 Å². The molecule has 0 aromatic heterocycles. The fourth-order valence-electron chi connectivity index (χ4n) is 0.449. The number of nitriles is 1. The molecule has 0 aromatic rings. The van der Waals surface area contributed by atoms with Crippen molar-refractivity contribution in [2.75, 3.05) is 7.05 Å². The molecule has 0 aromatic carbocycles. The van der Waals surface area contributed by atoms with E-state index < -0.39 is 5.91 Å². The standard InChI is InChI=1S/C6H9N3O/c1-4(9-2)5(3-7)6(8)10/h9H,1-2H3,(H2,8,10)/b5-4+. The van der Waals surface area contributed by atoms with Crippen LogP contribution in [0.3, 0.4) is 0 Å². The van der Waals surface area contributed by atoms with Crippen LogP contribution in [0.1, 0.15) is 6.92 Å². The second-order valence-corrected chi connectivity index (χ2v) is 1.73. The lowest BCUT2D eigenvalue weighted by atomic mass is 10.2. The van der Waals surface area contributed by atoms with Crippen LogP contribution < -0.4 is 11.1 Å². The molecule has 0 heterocycles. The maximum atomic E-state index is 10.4. The number of nitrogens with two attached hydrogens (primary N) is 1. The van der Waals surface area contributed by atoms with Gasteiger partial charge in [-0.25, -0.2) is 0 Å². The van der Waals surface area contributed by atoms with Gasteiger partial charge in [0.15, 0.2) is 0 Å². The average molecular weight is 139 g/mol. The highest BCUT2D eigenvalue weighted by molar-refractivity contribution is 5.96. The topological polar surface area (TPSA) is 78.9 Å². The Morgan fingerprint density at radius 3 is 2.30 bits per heavy atom. The molecule has 0 saturated carbocycles. The average Bonchev–Trinajstić information content (AvgIpc) is 1.88. The normalized spacial score (nSPS) is 11.3. The zero-order chi connectivity index (χ0) is 8.15. The molecule has 0 unspecified atom stereocenters. The van der Waals surface area contributed by atoms with Gasteiger partial charge < -0.3 is 11.1 Å². The summed E-state index contributed by atoms with van der Waals surface area (Å²) in [5.74, 6) is -0.700. The van der Waals surface area contributed by atoms with Gasteiger partial charge in [-0.1, -0.05) is 0 Å². The lowest BCUT2D eigenvalue weighted by Gasteiger charge is -1.98. The first kappa shape index (κ1) is 8.50. The van der Waals surface area contributed by atoms with Crippen molar-refractivity contribution in [2.24, 2.45) is 5.73 Å². The Hall–Kier alpha value is -1.50. The van der Waals surface area contributed by atoms with Gasteiger partial charge in [0.2, 0.25) is 0 Å². The van der Waals surface area contributed by atoms with E-state index in [2.05, 4.69) is 5.32 Å². The highest BCUT2D eigenvalue weighted by Crippen LogP contribution is 1.96. The second-order valence-electron chi connectivity index (χ2n) is 1.73. The third-order valence-corrected chi connectivity index (χ3v) is 1.11. The van der Waals surface area contributed by atoms with Crippen LogP contribution in [-0.4, -0.2) is 13.0 Å². The van der Waals surface area contributed by atoms with Crippen LogP contribution in [-0.2, 0) is 4.79 Å². The van der Waals surface area contributed by atoms with Crippen molar-refractivity contribution in [1.29, 1.82) is 5.26 Å². The van der Waals surface area contributed by atoms with Crippen LogP contribution in [0.4, 0.5) is 0 Å². The van der Waals surface area contributed by atoms with Crippen LogP contribution in [0.2, 0.25) is 0 Å². The minimum Gasteiger partial charge on any atom is -0.390 e. The van der Waals surface area contributed by atoms with E-state index in [1.54, 1.807) is 20.0 Å². The van der Waals surface area contributed by atoms with Crippen LogP contribution >= 0.6 is 0 Å². The maximum absolute atomic E-state index is 10.4. The summed E-state index contributed by atoms with van der Waals surface area (Å²) < 4.78 is 0. The van der Waals surface area contributed by atoms with Crippen molar-refractivity contribution < 1.29 is 4.79 Å². The third kappa shape index (κ3) is 1.78. The number of rotatable bonds is 2. The van der Waals surface area contributed by atoms with Crippen LogP contribution in [0.5, 0.6) is 0 Å². The van der Waals surface area contributed by atoms with Gasteiger partial charge in [-0.2, -0.15) is 5.26 Å². The molecule has 0 aliphatic rings. The predicted molar refractivity (Wildman–Crippen MR) is 36.6 cm³/mol. The van der Waals surface area contributed by atoms with Gasteiger partial charge >= 0.3 is 0 Å². The summed E-state index contributed by atoms with van der Waals surface area (Å²) >= 11 is 0. The molecule has 0 saturated heterocycles. The largest absolute Gasteiger partial charge is 0.390 e. The van der Waals surface area contributed by atoms with Crippen LogP contribution in [0, 0.1) is 11.3 Å². The van der Waals surface area contributed by atoms with E-state index in [1.165, 1.54) is 0 Å². The van der Waals surface area contributed by atoms with Crippen molar-refractivity contribution in [1.82, 2.24) is 5.32 Å². The molecule has 0 bridgehead atoms. The van der Waals surface area contributed by atoms with Crippen LogP contribution in [0.25, 0.3) is 0 Å². The summed E-state index contributed by atoms with van der Waals surface area (Å²) in [4.78, 5) is 10.4. The van der Waals surface area contributed by atoms with Gasteiger partial charge in [-0.15, -0.1) is 0 Å². The number of hydrogen-bond donors (Lipinski definition) is 2. The SMILES string of the molecule is CN/C(C)=C(\C#N)C(N)=O. The Morgan fingerprint density at radius 2 is 2.20 bits per heavy atom. The monoisotopic (exact) mass is 139 g/mol. The summed E-state index contributed by atoms with van der Waals surface area (Å²) in [6, 6.07) is 1.69. The van der Waals surface area contributed by atoms with E-state index in [-0.39, 0.29) is 5.57 Å². The Bertz CT molecular complexity index is 212. The molecule has 4 heteroatoms. The summed E-state index contributed by atoms with van der Waals surface area (Å²) in [7, 11) is 1.62. The minimum atomic E-state index is -0.700. The zero-order valence-electron chi connectivity index (χ0n) is 5.93. The Balaban J connectivity index is 4.68. The minimum absolute atomic E-state index is 0.0255. The maximum Gasteiger partial charge on any atom is 0.261 e. The van der Waals surface area contributed by atoms with E-state index in [4.69, 9.17) is 11.0 Å². The number of nitrogens with zero attached hydrogens (tertiary/aromatic N) is 1. The molecule has 54 valence electrons. The summed E-state index contributed by atoms with van der Waals surface area (Å²) in [5.41, 5.74) is 5.33. The molecule has 0 rings (SSSR count). The third-order valence-electron chi connectivity index (χ3n) is 1.11. The molecule has 0 atom stereocenters. The van der Waals surface area contributed by atoms with E-state index >= 15 is 0 Å². The fourth-order valence-corrected chi connectivity index (χ4v) is 0.449. The number of primary amides is 1. The van der Waals surface area contributed by atoms with Crippen molar-refractivity contribution >= 4 is 5.91 Å². The van der Waals surface area contributed by atoms with E-state index in [0.717, 1.165) is 0 Å². The smallest absolute Gasteiger partial charge is 0.261 e. The van der Waals surface area contributed by atoms with Gasteiger partial charge in [-0.05, 0) is 6.92 Å². The molecule has 0 aliphatic heterocycles. The van der Waals surface area contributed by atoms with Gasteiger partial charge in [0.1, 0.15) is 11.6 Å². The van der Waals surface area contributed by atoms with Gasteiger partial charge in [-0.3, -0.25) is 4.79 Å². The summed E-state index contributed by atoms with van der Waals surface area (Å²) in [6.07, 6.45) is 0. The molecular weight excluding hydrogens is 130 g/mol. The molecule has 0 fully saturated rings. The van der Waals surface area contributed by atoms with Crippen molar-refractivity contribution in [3.63, 3.8) is 0 Å². The first-order valence-corrected chi connectivity index (χ1v) is 2.72. The first-order chi connectivity index (χ1) is 4.63. The van der Waals surface area contributed by atoms with E-state index in [9.17, 15) is 4.79 Å². The Labute approximate surface area is 59.3 Å². The highest BCUT2D eigenvalue weighted by Gasteiger charge is 2.05. The first-order valence-electron chi connectivity index (χ1n) is 2.72. The van der Waals surface area contributed by atoms with E-state index in [1.807, 2.05) is 0 Å². The quantitative estimate of drug-likeness (QED) is 0.399. The van der Waals surface area contributed by atoms with Crippen molar-refractivity contribution in [3.05, 3.63) is 11.3 Å². The predicted octanol–water partition coefficient (Wildman–Crippen LogP) is -0.511. The lowest BCUT2D eigenvalue weighted by Crippen LogP contribution is -2.18. The molecule has 4 nitrogen and oxygen atoms in total. The number of nitrogens with one attached hydrogen (secondary N) is 1. The molecule has 0 spiro atoms. The lowest BCUT2D eigenvalue weighted by molar-refractivity contribution is -0.114. The Morgan fingerprint density at radius 1 is 1.70 bits per heavy atom. The number of hydrogen-bond acceptors (Lipinski definition) is 3. The highest BCUT2D eigenvalue weighted by atomic mass is 16.1. The van der Waals surface area contributed by atoms with Gasteiger partial charge in [0.05, 0.1) is 0 Å². The Kier molecular flexibility index (Phi) is 2.98. The molecule has 1 amide bonds. The number of carbonyl (C=O) groups is 1. The molecule has 0 radical (unpaired) electrons. The number of carbonyl (C=O) groups excluding carboxylic acids is 1.